The van der Waals surface area contributed by atoms with E-state index >= 15 is 0 Å². The molecule has 0 saturated heterocycles. The van der Waals surface area contributed by atoms with Gasteiger partial charge < -0.3 is 0 Å². The minimum Gasteiger partial charge on any atom is -0.252 e. The Hall–Kier alpha value is -1.15. The molecule has 1 aromatic carbocycles. The third-order valence-electron chi connectivity index (χ3n) is 1.56. The Morgan fingerprint density at radius 1 is 1.42 bits per heavy atom. The van der Waals surface area contributed by atoms with Crippen LogP contribution >= 0.6 is 11.6 Å². The van der Waals surface area contributed by atoms with Gasteiger partial charge in [-0.25, -0.2) is 4.39 Å². The minimum atomic E-state index is -0.371. The number of hydrogen-bond acceptors (Lipinski definition) is 1. The first-order chi connectivity index (χ1) is 5.77. The normalized spacial score (nSPS) is 10.5. The number of hydrogen-bond donors (Lipinski definition) is 0. The zero-order valence-corrected chi connectivity index (χ0v) is 6.77. The first kappa shape index (κ1) is 7.50. The third kappa shape index (κ3) is 1.14. The number of nitrogens with zero attached hydrogens (tertiary/aromatic N) is 1. The molecular weight excluding hydrogens is 177 g/mol. The third-order valence-corrected chi connectivity index (χ3v) is 1.77. The number of benzene rings is 1. The Bertz CT molecular complexity index is 428. The van der Waals surface area contributed by atoms with Gasteiger partial charge in [-0.3, -0.25) is 4.98 Å². The Balaban J connectivity index is 2.86. The summed E-state index contributed by atoms with van der Waals surface area (Å²) in [6, 6.07) is 7.22. The molecule has 1 radical (unpaired) electrons. The lowest BCUT2D eigenvalue weighted by Gasteiger charge is -1.96. The fourth-order valence-corrected chi connectivity index (χ4v) is 1.20. The van der Waals surface area contributed by atoms with Crippen LogP contribution in [0.1, 0.15) is 0 Å². The summed E-state index contributed by atoms with van der Waals surface area (Å²) in [7, 11) is 0. The summed E-state index contributed by atoms with van der Waals surface area (Å²) < 4.78 is 13.0. The lowest BCUT2D eigenvalue weighted by atomic mass is 10.2. The van der Waals surface area contributed by atoms with Gasteiger partial charge in [-0.05, 0) is 24.3 Å². The predicted octanol–water partition coefficient (Wildman–Crippen LogP) is 2.83. The molecule has 2 aromatic rings. The second kappa shape index (κ2) is 2.72. The van der Waals surface area contributed by atoms with Gasteiger partial charge in [0.05, 0.1) is 5.02 Å². The van der Waals surface area contributed by atoms with Gasteiger partial charge in [-0.1, -0.05) is 11.6 Å². The number of aromatic nitrogens is 1. The van der Waals surface area contributed by atoms with Crippen LogP contribution in [0.3, 0.4) is 0 Å². The first-order valence-corrected chi connectivity index (χ1v) is 3.76. The maximum absolute atomic E-state index is 13.0. The van der Waals surface area contributed by atoms with Crippen LogP contribution in [0.5, 0.6) is 0 Å². The molecule has 0 spiro atoms. The molecule has 12 heavy (non-hydrogen) atoms. The van der Waals surface area contributed by atoms with Gasteiger partial charge in [0.15, 0.2) is 0 Å². The Labute approximate surface area is 73.8 Å². The van der Waals surface area contributed by atoms with E-state index < -0.39 is 0 Å². The van der Waals surface area contributed by atoms with Crippen LogP contribution in [0.4, 0.5) is 4.39 Å². The predicted molar refractivity (Wildman–Crippen MR) is 45.5 cm³/mol. The van der Waals surface area contributed by atoms with Crippen LogP contribution in [-0.2, 0) is 0 Å². The van der Waals surface area contributed by atoms with Crippen LogP contribution in [0.25, 0.3) is 10.9 Å². The zero-order valence-electron chi connectivity index (χ0n) is 6.01. The van der Waals surface area contributed by atoms with Crippen LogP contribution < -0.4 is 0 Å². The summed E-state index contributed by atoms with van der Waals surface area (Å²) in [5, 5.41) is 1.17. The molecule has 3 heteroatoms. The van der Waals surface area contributed by atoms with Gasteiger partial charge in [0, 0.05) is 11.6 Å². The second-order valence-electron chi connectivity index (χ2n) is 2.39. The standard InChI is InChI=1S/C9H4ClFN/c10-7-4-6-2-1-3-8(11)9(6)12-5-7/h2-5H. The summed E-state index contributed by atoms with van der Waals surface area (Å²) in [4.78, 5) is 3.85. The summed E-state index contributed by atoms with van der Waals surface area (Å²) >= 11 is 5.67. The van der Waals surface area contributed by atoms with Gasteiger partial charge >= 0.3 is 0 Å². The fourth-order valence-electron chi connectivity index (χ4n) is 1.04. The smallest absolute Gasteiger partial charge is 0.150 e. The maximum atomic E-state index is 13.0. The topological polar surface area (TPSA) is 12.9 Å². The van der Waals surface area contributed by atoms with Crippen molar-refractivity contribution in [3.63, 3.8) is 0 Å². The summed E-state index contributed by atoms with van der Waals surface area (Å²) in [6.07, 6.45) is 1.42. The van der Waals surface area contributed by atoms with Crippen molar-refractivity contribution in [2.45, 2.75) is 0 Å². The highest BCUT2D eigenvalue weighted by Crippen LogP contribution is 2.18. The van der Waals surface area contributed by atoms with Crippen LogP contribution in [0.15, 0.2) is 24.4 Å². The largest absolute Gasteiger partial charge is 0.252 e. The van der Waals surface area contributed by atoms with E-state index in [2.05, 4.69) is 11.1 Å². The van der Waals surface area contributed by atoms with Crippen molar-refractivity contribution < 1.29 is 4.39 Å². The molecule has 0 saturated carbocycles. The molecule has 0 fully saturated rings. The summed E-state index contributed by atoms with van der Waals surface area (Å²) in [6.45, 7) is 0. The number of pyridine rings is 1. The minimum absolute atomic E-state index is 0.332. The van der Waals surface area contributed by atoms with Crippen molar-refractivity contribution in [2.75, 3.05) is 0 Å². The molecular formula is C9H4ClFN. The highest BCUT2D eigenvalue weighted by molar-refractivity contribution is 6.31. The van der Waals surface area contributed by atoms with Crippen molar-refractivity contribution >= 4 is 22.5 Å². The van der Waals surface area contributed by atoms with Crippen LogP contribution in [0.2, 0.25) is 5.02 Å². The Morgan fingerprint density at radius 2 is 2.25 bits per heavy atom. The molecule has 0 amide bonds. The van der Waals surface area contributed by atoms with Crippen LogP contribution in [-0.4, -0.2) is 4.98 Å². The highest BCUT2D eigenvalue weighted by atomic mass is 35.5. The zero-order chi connectivity index (χ0) is 8.55. The van der Waals surface area contributed by atoms with Crippen molar-refractivity contribution in [1.82, 2.24) is 4.98 Å². The van der Waals surface area contributed by atoms with Crippen LogP contribution in [0, 0.1) is 11.9 Å². The van der Waals surface area contributed by atoms with E-state index in [-0.39, 0.29) is 5.82 Å². The summed E-state index contributed by atoms with van der Waals surface area (Å²) in [5.41, 5.74) is 0.332. The van der Waals surface area contributed by atoms with Crippen molar-refractivity contribution in [2.24, 2.45) is 0 Å². The molecule has 1 nitrogen and oxygen atoms in total. The molecule has 0 unspecified atom stereocenters. The van der Waals surface area contributed by atoms with Crippen molar-refractivity contribution in [3.05, 3.63) is 41.3 Å². The van der Waals surface area contributed by atoms with E-state index in [9.17, 15) is 4.39 Å². The number of rotatable bonds is 0. The monoisotopic (exact) mass is 180 g/mol. The number of fused-ring (bicyclic) bond motifs is 1. The van der Waals surface area contributed by atoms with E-state index in [1.54, 1.807) is 12.1 Å². The van der Waals surface area contributed by atoms with E-state index in [0.717, 1.165) is 0 Å². The van der Waals surface area contributed by atoms with Crippen molar-refractivity contribution in [1.29, 1.82) is 0 Å². The Morgan fingerprint density at radius 3 is 3.08 bits per heavy atom. The van der Waals surface area contributed by atoms with Crippen molar-refractivity contribution in [3.8, 4) is 0 Å². The highest BCUT2D eigenvalue weighted by Gasteiger charge is 2.00. The molecule has 0 aliphatic heterocycles. The van der Waals surface area contributed by atoms with E-state index in [4.69, 9.17) is 11.6 Å². The molecule has 59 valence electrons. The molecule has 1 heterocycles. The quantitative estimate of drug-likeness (QED) is 0.608. The molecule has 0 atom stereocenters. The van der Waals surface area contributed by atoms with E-state index in [1.807, 2.05) is 0 Å². The molecule has 1 aromatic heterocycles. The molecule has 0 bridgehead atoms. The lowest BCUT2D eigenvalue weighted by molar-refractivity contribution is 0.636. The van der Waals surface area contributed by atoms with Gasteiger partial charge in [-0.15, -0.1) is 0 Å². The first-order valence-electron chi connectivity index (χ1n) is 3.38. The Kier molecular flexibility index (Phi) is 1.70. The van der Waals surface area contributed by atoms with E-state index in [0.29, 0.717) is 15.9 Å². The SMILES string of the molecule is Fc1c[c]cc2cc(Cl)cnc12. The average molecular weight is 181 g/mol. The molecule has 0 aliphatic rings. The fraction of sp³-hybridized carbons (Fsp3) is 0. The van der Waals surface area contributed by atoms with Gasteiger partial charge in [0.25, 0.3) is 0 Å². The molecule has 2 rings (SSSR count). The lowest BCUT2D eigenvalue weighted by Crippen LogP contribution is -1.82. The number of halogens is 2. The van der Waals surface area contributed by atoms with Gasteiger partial charge in [0.1, 0.15) is 11.3 Å². The molecule has 0 aliphatic carbocycles. The average Bonchev–Trinajstić information content (AvgIpc) is 2.04. The molecule has 0 N–H and O–H groups in total. The summed E-state index contributed by atoms with van der Waals surface area (Å²) in [5.74, 6) is -0.371. The van der Waals surface area contributed by atoms with Gasteiger partial charge in [-0.2, -0.15) is 0 Å². The second-order valence-corrected chi connectivity index (χ2v) is 2.83. The van der Waals surface area contributed by atoms with Gasteiger partial charge in [0.2, 0.25) is 0 Å². The van der Waals surface area contributed by atoms with E-state index in [1.165, 1.54) is 12.3 Å². The maximum Gasteiger partial charge on any atom is 0.150 e.